The van der Waals surface area contributed by atoms with E-state index < -0.39 is 29.0 Å². The second-order valence-corrected chi connectivity index (χ2v) is 5.03. The van der Waals surface area contributed by atoms with E-state index in [9.17, 15) is 22.8 Å². The van der Waals surface area contributed by atoms with Gasteiger partial charge in [0.1, 0.15) is 0 Å². The van der Waals surface area contributed by atoms with Crippen LogP contribution in [0.2, 0.25) is 0 Å². The van der Waals surface area contributed by atoms with E-state index in [-0.39, 0.29) is 32.1 Å². The largest absolute Gasteiger partial charge is 0.417 e. The minimum Gasteiger partial charge on any atom is -0.369 e. The Morgan fingerprint density at radius 2 is 1.72 bits per heavy atom. The third-order valence-corrected chi connectivity index (χ3v) is 4.16. The van der Waals surface area contributed by atoms with Crippen LogP contribution >= 0.6 is 0 Å². The Morgan fingerprint density at radius 3 is 2.06 bits per heavy atom. The molecule has 102 valence electrons. The molecule has 7 heteroatoms. The molecule has 18 heavy (non-hydrogen) atoms. The van der Waals surface area contributed by atoms with E-state index in [2.05, 4.69) is 10.1 Å². The lowest BCUT2D eigenvalue weighted by molar-refractivity contribution is -0.284. The van der Waals surface area contributed by atoms with E-state index in [0.29, 0.717) is 0 Å². The van der Waals surface area contributed by atoms with E-state index in [4.69, 9.17) is 0 Å². The number of nitrogens with one attached hydrogen (secondary N) is 1. The van der Waals surface area contributed by atoms with Gasteiger partial charge in [0, 0.05) is 13.5 Å². The molecule has 0 radical (unpaired) electrons. The van der Waals surface area contributed by atoms with Crippen LogP contribution in [0, 0.1) is 5.41 Å². The molecule has 1 heterocycles. The van der Waals surface area contributed by atoms with E-state index in [1.54, 1.807) is 0 Å². The van der Waals surface area contributed by atoms with Gasteiger partial charge in [0.05, 0.1) is 5.41 Å². The number of ether oxygens (including phenoxy) is 1. The molecule has 0 atom stereocenters. The summed E-state index contributed by atoms with van der Waals surface area (Å²) in [6, 6.07) is 0. The molecule has 1 aliphatic heterocycles. The Balaban J connectivity index is 2.17. The van der Waals surface area contributed by atoms with Crippen molar-refractivity contribution in [3.63, 3.8) is 0 Å². The van der Waals surface area contributed by atoms with E-state index in [0.717, 1.165) is 7.11 Å². The minimum absolute atomic E-state index is 0.0104. The number of amides is 2. The molecule has 0 unspecified atom stereocenters. The Bertz CT molecular complexity index is 383. The monoisotopic (exact) mass is 265 g/mol. The zero-order chi connectivity index (χ0) is 13.6. The van der Waals surface area contributed by atoms with Crippen molar-refractivity contribution in [2.24, 2.45) is 5.41 Å². The fraction of sp³-hybridized carbons (Fsp3) is 0.818. The third-order valence-electron chi connectivity index (χ3n) is 4.16. The number of alkyl halides is 3. The number of carbonyl (C=O) groups is 2. The van der Waals surface area contributed by atoms with Crippen LogP contribution in [0.1, 0.15) is 32.1 Å². The van der Waals surface area contributed by atoms with Gasteiger partial charge in [-0.15, -0.1) is 0 Å². The molecule has 1 saturated carbocycles. The highest BCUT2D eigenvalue weighted by Crippen LogP contribution is 2.52. The van der Waals surface area contributed by atoms with Crippen molar-refractivity contribution in [1.82, 2.24) is 5.32 Å². The van der Waals surface area contributed by atoms with Crippen LogP contribution in [0.5, 0.6) is 0 Å². The molecule has 2 amide bonds. The zero-order valence-electron chi connectivity index (χ0n) is 9.89. The van der Waals surface area contributed by atoms with Gasteiger partial charge in [0.25, 0.3) is 0 Å². The molecule has 0 aromatic carbocycles. The predicted octanol–water partition coefficient (Wildman–Crippen LogP) is 1.54. The number of rotatable bonds is 1. The summed E-state index contributed by atoms with van der Waals surface area (Å²) in [5.41, 5.74) is -3.13. The molecule has 1 spiro atoms. The second kappa shape index (κ2) is 3.94. The number of hydrogen-bond donors (Lipinski definition) is 1. The van der Waals surface area contributed by atoms with Gasteiger partial charge < -0.3 is 4.74 Å². The molecule has 0 aromatic rings. The lowest BCUT2D eigenvalue weighted by Gasteiger charge is -2.43. The Labute approximate surface area is 102 Å². The molecular formula is C11H14F3NO3. The maximum absolute atomic E-state index is 13.0. The normalized spacial score (nSPS) is 37.1. The van der Waals surface area contributed by atoms with Gasteiger partial charge in [-0.3, -0.25) is 14.9 Å². The smallest absolute Gasteiger partial charge is 0.369 e. The van der Waals surface area contributed by atoms with E-state index >= 15 is 0 Å². The summed E-state index contributed by atoms with van der Waals surface area (Å²) in [6.45, 7) is 0. The number of hydrogen-bond acceptors (Lipinski definition) is 3. The van der Waals surface area contributed by atoms with Gasteiger partial charge in [0.2, 0.25) is 11.8 Å². The van der Waals surface area contributed by atoms with Crippen molar-refractivity contribution in [3.8, 4) is 0 Å². The quantitative estimate of drug-likeness (QED) is 0.732. The molecule has 0 bridgehead atoms. The van der Waals surface area contributed by atoms with Gasteiger partial charge in [-0.2, -0.15) is 13.2 Å². The van der Waals surface area contributed by atoms with Crippen LogP contribution in [0.4, 0.5) is 13.2 Å². The number of halogens is 3. The number of imide groups is 1. The molecule has 1 aliphatic carbocycles. The number of methoxy groups -OCH3 is 1. The average Bonchev–Trinajstić information content (AvgIpc) is 2.54. The molecule has 2 aliphatic rings. The molecular weight excluding hydrogens is 251 g/mol. The SMILES string of the molecule is COC1(C(F)(F)F)CCC2(CC1)CC(=O)NC2=O. The van der Waals surface area contributed by atoms with Crippen molar-refractivity contribution >= 4 is 11.8 Å². The topological polar surface area (TPSA) is 55.4 Å². The third kappa shape index (κ3) is 1.81. The molecule has 2 fully saturated rings. The van der Waals surface area contributed by atoms with Crippen LogP contribution in [-0.4, -0.2) is 30.7 Å². The first-order valence-electron chi connectivity index (χ1n) is 5.71. The summed E-state index contributed by atoms with van der Waals surface area (Å²) < 4.78 is 43.5. The van der Waals surface area contributed by atoms with Crippen LogP contribution in [0.25, 0.3) is 0 Å². The highest BCUT2D eigenvalue weighted by Gasteiger charge is 2.61. The second-order valence-electron chi connectivity index (χ2n) is 5.03. The van der Waals surface area contributed by atoms with Gasteiger partial charge in [0.15, 0.2) is 5.60 Å². The predicted molar refractivity (Wildman–Crippen MR) is 54.5 cm³/mol. The van der Waals surface area contributed by atoms with Crippen molar-refractivity contribution in [3.05, 3.63) is 0 Å². The van der Waals surface area contributed by atoms with Crippen molar-refractivity contribution in [2.45, 2.75) is 43.9 Å². The van der Waals surface area contributed by atoms with E-state index in [1.165, 1.54) is 0 Å². The summed E-state index contributed by atoms with van der Waals surface area (Å²) in [5.74, 6) is -0.851. The minimum atomic E-state index is -4.46. The van der Waals surface area contributed by atoms with Gasteiger partial charge in [-0.25, -0.2) is 0 Å². The molecule has 1 N–H and O–H groups in total. The summed E-state index contributed by atoms with van der Waals surface area (Å²) >= 11 is 0. The standard InChI is InChI=1S/C11H14F3NO3/c1-18-10(11(12,13)14)4-2-9(3-5-10)6-7(16)15-8(9)17/h2-6H2,1H3,(H,15,16,17). The number of carbonyl (C=O) groups excluding carboxylic acids is 2. The Kier molecular flexibility index (Phi) is 2.92. The van der Waals surface area contributed by atoms with Crippen molar-refractivity contribution in [2.75, 3.05) is 7.11 Å². The first kappa shape index (κ1) is 13.3. The molecule has 2 rings (SSSR count). The Morgan fingerprint density at radius 1 is 1.17 bits per heavy atom. The molecule has 4 nitrogen and oxygen atoms in total. The van der Waals surface area contributed by atoms with Crippen molar-refractivity contribution in [1.29, 1.82) is 0 Å². The fourth-order valence-corrected chi connectivity index (χ4v) is 2.83. The van der Waals surface area contributed by atoms with Crippen LogP contribution in [-0.2, 0) is 14.3 Å². The lowest BCUT2D eigenvalue weighted by atomic mass is 9.67. The highest BCUT2D eigenvalue weighted by atomic mass is 19.4. The van der Waals surface area contributed by atoms with Gasteiger partial charge >= 0.3 is 6.18 Å². The van der Waals surface area contributed by atoms with Crippen LogP contribution < -0.4 is 5.32 Å². The fourth-order valence-electron chi connectivity index (χ4n) is 2.83. The molecule has 0 aromatic heterocycles. The maximum atomic E-state index is 13.0. The lowest BCUT2D eigenvalue weighted by Crippen LogP contribution is -2.52. The van der Waals surface area contributed by atoms with Gasteiger partial charge in [-0.05, 0) is 25.7 Å². The highest BCUT2D eigenvalue weighted by molar-refractivity contribution is 6.05. The summed E-state index contributed by atoms with van der Waals surface area (Å²) in [6.07, 6.45) is -4.98. The van der Waals surface area contributed by atoms with Gasteiger partial charge in [-0.1, -0.05) is 0 Å². The van der Waals surface area contributed by atoms with Crippen LogP contribution in [0.15, 0.2) is 0 Å². The summed E-state index contributed by atoms with van der Waals surface area (Å²) in [5, 5.41) is 2.16. The van der Waals surface area contributed by atoms with Crippen LogP contribution in [0.3, 0.4) is 0 Å². The zero-order valence-corrected chi connectivity index (χ0v) is 9.89. The first-order valence-corrected chi connectivity index (χ1v) is 5.71. The molecule has 1 saturated heterocycles. The summed E-state index contributed by atoms with van der Waals surface area (Å²) in [7, 11) is 1.03. The van der Waals surface area contributed by atoms with Crippen molar-refractivity contribution < 1.29 is 27.5 Å². The average molecular weight is 265 g/mol. The maximum Gasteiger partial charge on any atom is 0.417 e. The van der Waals surface area contributed by atoms with E-state index in [1.807, 2.05) is 0 Å². The Hall–Kier alpha value is -1.11. The summed E-state index contributed by atoms with van der Waals surface area (Å²) in [4.78, 5) is 22.8. The first-order chi connectivity index (χ1) is 8.25.